The number of fused-ring (bicyclic) bond motifs is 11. The molecular weight excluding hydrogens is 916 g/mol. The zero-order chi connectivity index (χ0) is 51.4. The lowest BCUT2D eigenvalue weighted by atomic mass is 9.61. The molecule has 2 aromatic heterocycles. The monoisotopic (exact) mass is 983 g/mol. The summed E-state index contributed by atoms with van der Waals surface area (Å²) in [6.07, 6.45) is 2.34. The molecule has 368 valence electrons. The van der Waals surface area contributed by atoms with E-state index in [0.717, 1.165) is 58.1 Å². The minimum atomic E-state index is -0.233. The van der Waals surface area contributed by atoms with E-state index in [2.05, 4.69) is 245 Å². The van der Waals surface area contributed by atoms with Crippen molar-refractivity contribution in [1.29, 1.82) is 0 Å². The van der Waals surface area contributed by atoms with Crippen LogP contribution in [0.4, 0.5) is 28.4 Å². The molecule has 13 rings (SSSR count). The molecule has 1 aliphatic heterocycles. The quantitative estimate of drug-likeness (QED) is 0.174. The fraction of sp³-hybridized carbons (Fsp3) is 0.275. The molecule has 0 amide bonds. The van der Waals surface area contributed by atoms with Gasteiger partial charge in [-0.15, -0.1) is 11.3 Å². The Bertz CT molecular complexity index is 3950. The normalized spacial score (nSPS) is 16.1. The van der Waals surface area contributed by atoms with E-state index in [1.54, 1.807) is 0 Å². The van der Waals surface area contributed by atoms with Crippen LogP contribution in [0.2, 0.25) is 0 Å². The number of anilines is 5. The third-order valence-corrected chi connectivity index (χ3v) is 18.6. The van der Waals surface area contributed by atoms with Gasteiger partial charge in [-0.25, -0.2) is 0 Å². The van der Waals surface area contributed by atoms with Gasteiger partial charge in [0.25, 0.3) is 0 Å². The van der Waals surface area contributed by atoms with E-state index in [1.807, 2.05) is 11.3 Å². The van der Waals surface area contributed by atoms with Crippen LogP contribution in [0.15, 0.2) is 156 Å². The first kappa shape index (κ1) is 46.9. The van der Waals surface area contributed by atoms with Crippen LogP contribution < -0.4 is 20.5 Å². The molecule has 0 atom stereocenters. The Labute approximate surface area is 442 Å². The largest absolute Gasteiger partial charge is 0.455 e. The number of hydrogen-bond acceptors (Lipinski definition) is 4. The Morgan fingerprint density at radius 1 is 0.541 bits per heavy atom. The first-order chi connectivity index (χ1) is 35.2. The number of benzene rings is 8. The number of rotatable bonds is 5. The van der Waals surface area contributed by atoms with Gasteiger partial charge in [-0.2, -0.15) is 0 Å². The molecule has 0 fully saturated rings. The van der Waals surface area contributed by atoms with Gasteiger partial charge in [0.05, 0.1) is 17.1 Å². The average molecular weight is 983 g/mol. The molecule has 0 radical (unpaired) electrons. The third kappa shape index (κ3) is 7.12. The van der Waals surface area contributed by atoms with Crippen molar-refractivity contribution in [2.45, 2.75) is 123 Å². The standard InChI is InChI=1S/C69H67BN2OS/c1-65(2,3)41-26-29-43(30-27-41)71-61-46(31-32-50-58(61)49-37-52-53(39-51(49)69(50,11)12)68(9,10)35-34-67(52,7)8)59-60-55(38-48-44-22-16-18-24-56(44)73-63(48)59)72(62-45-23-17-19-25-57(45)74-64(62)70-60)54-33-28-42(66(4,5)6)36-47(54)40-20-14-13-15-21-40/h13-33,36-39,70-71H,34-35H2,1-12H3. The van der Waals surface area contributed by atoms with Gasteiger partial charge in [-0.3, -0.25) is 0 Å². The van der Waals surface area contributed by atoms with Crippen LogP contribution in [-0.4, -0.2) is 7.28 Å². The Hall–Kier alpha value is -6.82. The molecular formula is C69H67BN2OS. The van der Waals surface area contributed by atoms with E-state index < -0.39 is 0 Å². The van der Waals surface area contributed by atoms with E-state index >= 15 is 0 Å². The predicted molar refractivity (Wildman–Crippen MR) is 321 cm³/mol. The molecule has 5 heteroatoms. The molecule has 10 aromatic rings. The maximum absolute atomic E-state index is 7.31. The number of nitrogens with zero attached hydrogens (tertiary/aromatic N) is 1. The molecule has 0 spiro atoms. The lowest BCUT2D eigenvalue weighted by Crippen LogP contribution is -2.39. The first-order valence-corrected chi connectivity index (χ1v) is 27.7. The van der Waals surface area contributed by atoms with Crippen LogP contribution in [0.5, 0.6) is 0 Å². The second-order valence-corrected chi connectivity index (χ2v) is 26.8. The SMILES string of the molecule is CC(C)(C)c1ccc(Nc2c(-c3c4c(cc5c3oc3ccccc35)N(c3ccc(C(C)(C)C)cc3-c3ccccc3)c3c(sc5ccccc35)B4)ccc3c2-c2cc4c(cc2C3(C)C)C(C)(C)CCC4(C)C)cc1. The highest BCUT2D eigenvalue weighted by atomic mass is 32.1. The average Bonchev–Trinajstić information content (AvgIpc) is 4.03. The fourth-order valence-corrected chi connectivity index (χ4v) is 14.2. The van der Waals surface area contributed by atoms with E-state index in [9.17, 15) is 0 Å². The minimum absolute atomic E-state index is 0.0289. The number of hydrogen-bond donors (Lipinski definition) is 1. The smallest absolute Gasteiger partial charge is 0.211 e. The molecule has 0 saturated carbocycles. The molecule has 3 nitrogen and oxygen atoms in total. The summed E-state index contributed by atoms with van der Waals surface area (Å²) in [5, 5.41) is 7.75. The maximum Gasteiger partial charge on any atom is 0.211 e. The van der Waals surface area contributed by atoms with Crippen molar-refractivity contribution in [3.8, 4) is 33.4 Å². The lowest BCUT2D eigenvalue weighted by molar-refractivity contribution is 0.331. The number of nitrogens with one attached hydrogen (secondary N) is 1. The van der Waals surface area contributed by atoms with E-state index in [1.165, 1.54) is 99.4 Å². The van der Waals surface area contributed by atoms with Crippen LogP contribution in [0.25, 0.3) is 65.4 Å². The van der Waals surface area contributed by atoms with Gasteiger partial charge in [0.1, 0.15) is 11.2 Å². The number of furan rings is 1. The lowest BCUT2D eigenvalue weighted by Gasteiger charge is -2.42. The summed E-state index contributed by atoms with van der Waals surface area (Å²) >= 11 is 1.93. The number of para-hydroxylation sites is 1. The highest BCUT2D eigenvalue weighted by Gasteiger charge is 2.44. The van der Waals surface area contributed by atoms with Gasteiger partial charge < -0.3 is 14.6 Å². The highest BCUT2D eigenvalue weighted by Crippen LogP contribution is 2.59. The maximum atomic E-state index is 7.31. The van der Waals surface area contributed by atoms with Gasteiger partial charge in [0.2, 0.25) is 7.28 Å². The molecule has 3 heterocycles. The van der Waals surface area contributed by atoms with Gasteiger partial charge >= 0.3 is 0 Å². The van der Waals surface area contributed by atoms with Crippen molar-refractivity contribution in [2.24, 2.45) is 0 Å². The van der Waals surface area contributed by atoms with Gasteiger partial charge in [0.15, 0.2) is 0 Å². The summed E-state index contributed by atoms with van der Waals surface area (Å²) in [4.78, 5) is 2.63. The van der Waals surface area contributed by atoms with E-state index in [4.69, 9.17) is 4.42 Å². The summed E-state index contributed by atoms with van der Waals surface area (Å²) in [6, 6.07) is 57.7. The predicted octanol–water partition coefficient (Wildman–Crippen LogP) is 18.3. The molecule has 0 unspecified atom stereocenters. The summed E-state index contributed by atoms with van der Waals surface area (Å²) in [5.74, 6) is 0. The van der Waals surface area contributed by atoms with Crippen LogP contribution in [-0.2, 0) is 27.1 Å². The van der Waals surface area contributed by atoms with Gasteiger partial charge in [-0.1, -0.05) is 186 Å². The van der Waals surface area contributed by atoms with Crippen molar-refractivity contribution >= 4 is 89.3 Å². The van der Waals surface area contributed by atoms with Gasteiger partial charge in [-0.05, 0) is 138 Å². The Kier molecular flexibility index (Phi) is 10.2. The van der Waals surface area contributed by atoms with Crippen molar-refractivity contribution in [1.82, 2.24) is 0 Å². The second-order valence-electron chi connectivity index (χ2n) is 25.7. The second kappa shape index (κ2) is 16.1. The summed E-state index contributed by atoms with van der Waals surface area (Å²) < 4.78 is 9.96. The zero-order valence-corrected chi connectivity index (χ0v) is 46.1. The van der Waals surface area contributed by atoms with E-state index in [0.29, 0.717) is 0 Å². The zero-order valence-electron chi connectivity index (χ0n) is 45.3. The summed E-state index contributed by atoms with van der Waals surface area (Å²) in [5.41, 5.74) is 24.6. The summed E-state index contributed by atoms with van der Waals surface area (Å²) in [6.45, 7) is 28.6. The fourth-order valence-electron chi connectivity index (χ4n) is 13.0. The molecule has 74 heavy (non-hydrogen) atoms. The molecule has 0 bridgehead atoms. The van der Waals surface area contributed by atoms with Crippen LogP contribution >= 0.6 is 11.3 Å². The van der Waals surface area contributed by atoms with Crippen molar-refractivity contribution in [3.63, 3.8) is 0 Å². The molecule has 8 aromatic carbocycles. The topological polar surface area (TPSA) is 28.4 Å². The van der Waals surface area contributed by atoms with Crippen molar-refractivity contribution in [3.05, 3.63) is 185 Å². The van der Waals surface area contributed by atoms with Crippen LogP contribution in [0.3, 0.4) is 0 Å². The van der Waals surface area contributed by atoms with Crippen molar-refractivity contribution < 1.29 is 4.42 Å². The molecule has 3 aliphatic rings. The van der Waals surface area contributed by atoms with Crippen LogP contribution in [0, 0.1) is 0 Å². The highest BCUT2D eigenvalue weighted by molar-refractivity contribution is 7.29. The molecule has 1 N–H and O–H groups in total. The Balaban J connectivity index is 1.16. The Morgan fingerprint density at radius 3 is 1.91 bits per heavy atom. The van der Waals surface area contributed by atoms with E-state index in [-0.39, 0.29) is 27.1 Å². The molecule has 0 saturated heterocycles. The van der Waals surface area contributed by atoms with Gasteiger partial charge in [0, 0.05) is 59.9 Å². The van der Waals surface area contributed by atoms with Crippen molar-refractivity contribution in [2.75, 3.05) is 10.2 Å². The van der Waals surface area contributed by atoms with Crippen LogP contribution in [0.1, 0.15) is 129 Å². The minimum Gasteiger partial charge on any atom is -0.455 e. The number of thiophene rings is 1. The first-order valence-electron chi connectivity index (χ1n) is 26.9. The third-order valence-electron chi connectivity index (χ3n) is 17.5. The Morgan fingerprint density at radius 2 is 1.19 bits per heavy atom. The molecule has 2 aliphatic carbocycles. The summed E-state index contributed by atoms with van der Waals surface area (Å²) in [7, 11) is 0.763.